The summed E-state index contributed by atoms with van der Waals surface area (Å²) in [5.74, 6) is 1.56. The lowest BCUT2D eigenvalue weighted by Gasteiger charge is -2.21. The fourth-order valence-electron chi connectivity index (χ4n) is 1.94. The predicted molar refractivity (Wildman–Crippen MR) is 77.9 cm³/mol. The van der Waals surface area contributed by atoms with Gasteiger partial charge in [-0.3, -0.25) is 0 Å². The zero-order valence-electron chi connectivity index (χ0n) is 12.0. The molecule has 0 amide bonds. The van der Waals surface area contributed by atoms with Gasteiger partial charge in [0.05, 0.1) is 0 Å². The Labute approximate surface area is 115 Å². The zero-order chi connectivity index (χ0) is 14.3. The maximum absolute atomic E-state index is 8.63. The molecule has 0 aliphatic heterocycles. The summed E-state index contributed by atoms with van der Waals surface area (Å²) in [6.45, 7) is 6.38. The maximum atomic E-state index is 8.63. The lowest BCUT2D eigenvalue weighted by Crippen LogP contribution is -2.25. The molecule has 0 bridgehead atoms. The second-order valence-corrected chi connectivity index (χ2v) is 4.79. The first-order valence-corrected chi connectivity index (χ1v) is 6.84. The molecule has 0 radical (unpaired) electrons. The second kappa shape index (κ2) is 7.67. The van der Waals surface area contributed by atoms with Crippen LogP contribution in [0.4, 0.5) is 0 Å². The number of hydrogen-bond donors (Lipinski definition) is 2. The van der Waals surface area contributed by atoms with Gasteiger partial charge in [-0.15, -0.1) is 0 Å². The van der Waals surface area contributed by atoms with E-state index in [1.807, 2.05) is 25.1 Å². The highest BCUT2D eigenvalue weighted by Gasteiger charge is 2.15. The molecule has 2 atom stereocenters. The first-order chi connectivity index (χ1) is 9.12. The van der Waals surface area contributed by atoms with Gasteiger partial charge in [-0.05, 0) is 30.4 Å². The van der Waals surface area contributed by atoms with Crippen molar-refractivity contribution in [2.75, 3.05) is 0 Å². The topological polar surface area (TPSA) is 67.8 Å². The molecule has 19 heavy (non-hydrogen) atoms. The van der Waals surface area contributed by atoms with Crippen LogP contribution >= 0.6 is 0 Å². The van der Waals surface area contributed by atoms with Crippen molar-refractivity contribution in [3.8, 4) is 5.75 Å². The highest BCUT2D eigenvalue weighted by molar-refractivity contribution is 5.80. The summed E-state index contributed by atoms with van der Waals surface area (Å²) < 4.78 is 6.02. The molecule has 1 rings (SSSR count). The second-order valence-electron chi connectivity index (χ2n) is 4.79. The van der Waals surface area contributed by atoms with Gasteiger partial charge in [0.15, 0.2) is 0 Å². The molecule has 0 spiro atoms. The van der Waals surface area contributed by atoms with Crippen LogP contribution in [-0.4, -0.2) is 17.1 Å². The van der Waals surface area contributed by atoms with E-state index in [1.165, 1.54) is 5.56 Å². The molecule has 4 nitrogen and oxygen atoms in total. The minimum absolute atomic E-state index is 0.0684. The number of ether oxygens (including phenoxy) is 1. The number of rotatable bonds is 7. The number of nitrogens with zero attached hydrogens (tertiary/aromatic N) is 1. The van der Waals surface area contributed by atoms with Crippen molar-refractivity contribution < 1.29 is 9.94 Å². The molecule has 0 saturated carbocycles. The average molecular weight is 264 g/mol. The Balaban J connectivity index is 2.85. The molecule has 0 aliphatic rings. The number of oxime groups is 1. The van der Waals surface area contributed by atoms with E-state index in [9.17, 15) is 0 Å². The van der Waals surface area contributed by atoms with Crippen molar-refractivity contribution in [1.29, 1.82) is 0 Å². The molecular weight excluding hydrogens is 240 g/mol. The third-order valence-corrected chi connectivity index (χ3v) is 3.38. The Bertz CT molecular complexity index is 418. The van der Waals surface area contributed by atoms with E-state index >= 15 is 0 Å². The van der Waals surface area contributed by atoms with Crippen LogP contribution in [0.25, 0.3) is 0 Å². The van der Waals surface area contributed by atoms with Crippen molar-refractivity contribution in [1.82, 2.24) is 0 Å². The van der Waals surface area contributed by atoms with E-state index in [-0.39, 0.29) is 11.9 Å². The van der Waals surface area contributed by atoms with Gasteiger partial charge in [0, 0.05) is 6.42 Å². The van der Waals surface area contributed by atoms with Crippen LogP contribution in [0, 0.1) is 0 Å². The molecule has 0 heterocycles. The van der Waals surface area contributed by atoms with Gasteiger partial charge in [-0.2, -0.15) is 0 Å². The summed E-state index contributed by atoms with van der Waals surface area (Å²) in [6, 6.07) is 8.08. The Kier molecular flexibility index (Phi) is 6.19. The molecular formula is C15H24N2O2. The van der Waals surface area contributed by atoms with Crippen LogP contribution in [-0.2, 0) is 0 Å². The predicted octanol–water partition coefficient (Wildman–Crippen LogP) is 3.49. The SMILES string of the molecule is CCC(C/C(N)=N/O)Oc1ccccc1C(C)CC. The molecule has 0 saturated heterocycles. The Morgan fingerprint density at radius 1 is 1.32 bits per heavy atom. The minimum Gasteiger partial charge on any atom is -0.490 e. The summed E-state index contributed by atoms with van der Waals surface area (Å²) >= 11 is 0. The van der Waals surface area contributed by atoms with Gasteiger partial charge in [-0.25, -0.2) is 0 Å². The third kappa shape index (κ3) is 4.47. The molecule has 1 aromatic rings. The summed E-state index contributed by atoms with van der Waals surface area (Å²) in [6.07, 6.45) is 2.24. The van der Waals surface area contributed by atoms with Crippen LogP contribution in [0.2, 0.25) is 0 Å². The number of nitrogens with two attached hydrogens (primary N) is 1. The van der Waals surface area contributed by atoms with Crippen LogP contribution in [0.15, 0.2) is 29.4 Å². The van der Waals surface area contributed by atoms with Crippen molar-refractivity contribution in [2.45, 2.75) is 52.1 Å². The standard InChI is InChI=1S/C15H24N2O2/c1-4-11(3)13-8-6-7-9-14(13)19-12(5-2)10-15(16)17-18/h6-9,11-12,18H,4-5,10H2,1-3H3,(H2,16,17). The summed E-state index contributed by atoms with van der Waals surface area (Å²) in [5.41, 5.74) is 6.76. The van der Waals surface area contributed by atoms with Crippen LogP contribution in [0.3, 0.4) is 0 Å². The first kappa shape index (κ1) is 15.3. The van der Waals surface area contributed by atoms with E-state index < -0.39 is 0 Å². The normalized spacial score (nSPS) is 15.0. The van der Waals surface area contributed by atoms with Crippen molar-refractivity contribution in [3.63, 3.8) is 0 Å². The molecule has 0 aliphatic carbocycles. The molecule has 3 N–H and O–H groups in total. The Hall–Kier alpha value is -1.71. The molecule has 0 fully saturated rings. The number of hydrogen-bond acceptors (Lipinski definition) is 3. The van der Waals surface area contributed by atoms with Crippen molar-refractivity contribution >= 4 is 5.84 Å². The lowest BCUT2D eigenvalue weighted by molar-refractivity contribution is 0.199. The van der Waals surface area contributed by atoms with Gasteiger partial charge in [0.25, 0.3) is 0 Å². The summed E-state index contributed by atoms with van der Waals surface area (Å²) in [5, 5.41) is 11.6. The van der Waals surface area contributed by atoms with Gasteiger partial charge in [0.1, 0.15) is 17.7 Å². The van der Waals surface area contributed by atoms with Gasteiger partial charge in [0.2, 0.25) is 0 Å². The van der Waals surface area contributed by atoms with Crippen molar-refractivity contribution in [2.24, 2.45) is 10.9 Å². The van der Waals surface area contributed by atoms with Gasteiger partial charge >= 0.3 is 0 Å². The number of amidine groups is 1. The van der Waals surface area contributed by atoms with E-state index in [1.54, 1.807) is 0 Å². The smallest absolute Gasteiger partial charge is 0.142 e. The number of benzene rings is 1. The molecule has 2 unspecified atom stereocenters. The van der Waals surface area contributed by atoms with Gasteiger partial charge in [-0.1, -0.05) is 44.1 Å². The Morgan fingerprint density at radius 3 is 2.58 bits per heavy atom. The largest absolute Gasteiger partial charge is 0.490 e. The fourth-order valence-corrected chi connectivity index (χ4v) is 1.94. The van der Waals surface area contributed by atoms with Crippen molar-refractivity contribution in [3.05, 3.63) is 29.8 Å². The minimum atomic E-state index is -0.0684. The highest BCUT2D eigenvalue weighted by Crippen LogP contribution is 2.29. The van der Waals surface area contributed by atoms with Gasteiger partial charge < -0.3 is 15.7 Å². The van der Waals surface area contributed by atoms with E-state index in [2.05, 4.69) is 25.1 Å². The zero-order valence-corrected chi connectivity index (χ0v) is 12.0. The van der Waals surface area contributed by atoms with E-state index in [0.717, 1.165) is 18.6 Å². The number of para-hydroxylation sites is 1. The summed E-state index contributed by atoms with van der Waals surface area (Å²) in [4.78, 5) is 0. The molecule has 106 valence electrons. The average Bonchev–Trinajstić information content (AvgIpc) is 2.45. The first-order valence-electron chi connectivity index (χ1n) is 6.84. The molecule has 1 aromatic carbocycles. The monoisotopic (exact) mass is 264 g/mol. The molecule has 0 aromatic heterocycles. The quantitative estimate of drug-likeness (QED) is 0.343. The van der Waals surface area contributed by atoms with Crippen LogP contribution in [0.5, 0.6) is 5.75 Å². The highest BCUT2D eigenvalue weighted by atomic mass is 16.5. The van der Waals surface area contributed by atoms with Crippen LogP contribution in [0.1, 0.15) is 51.5 Å². The lowest BCUT2D eigenvalue weighted by atomic mass is 9.97. The van der Waals surface area contributed by atoms with E-state index in [4.69, 9.17) is 15.7 Å². The Morgan fingerprint density at radius 2 is 2.00 bits per heavy atom. The summed E-state index contributed by atoms with van der Waals surface area (Å²) in [7, 11) is 0. The third-order valence-electron chi connectivity index (χ3n) is 3.38. The molecule has 4 heteroatoms. The van der Waals surface area contributed by atoms with E-state index in [0.29, 0.717) is 12.3 Å². The van der Waals surface area contributed by atoms with Crippen LogP contribution < -0.4 is 10.5 Å². The maximum Gasteiger partial charge on any atom is 0.142 e. The fraction of sp³-hybridized carbons (Fsp3) is 0.533.